The molecule has 1 unspecified atom stereocenters. The van der Waals surface area contributed by atoms with Crippen LogP contribution in [0, 0.1) is 5.92 Å². The number of ether oxygens (including phenoxy) is 4. The minimum absolute atomic E-state index is 0.220. The SMILES string of the molecule is CCOC(=O)/C(=C\c1ccc(OC)c(OC)c1)C(C)C(=O)OCC. The summed E-state index contributed by atoms with van der Waals surface area (Å²) in [5.41, 5.74) is 0.911. The molecule has 0 radical (unpaired) electrons. The maximum atomic E-state index is 12.2. The molecule has 0 fully saturated rings. The lowest BCUT2D eigenvalue weighted by Gasteiger charge is -2.14. The molecule has 1 atom stereocenters. The Hall–Kier alpha value is -2.50. The van der Waals surface area contributed by atoms with Gasteiger partial charge >= 0.3 is 11.9 Å². The summed E-state index contributed by atoms with van der Waals surface area (Å²) in [4.78, 5) is 24.2. The smallest absolute Gasteiger partial charge is 0.334 e. The number of rotatable bonds is 8. The zero-order chi connectivity index (χ0) is 18.1. The van der Waals surface area contributed by atoms with E-state index in [2.05, 4.69) is 0 Å². The standard InChI is InChI=1S/C18H24O6/c1-6-23-17(19)12(3)14(18(20)24-7-2)10-13-8-9-15(21-4)16(11-13)22-5/h8-12H,6-7H2,1-5H3/b14-10-. The molecular formula is C18H24O6. The van der Waals surface area contributed by atoms with Crippen LogP contribution >= 0.6 is 0 Å². The van der Waals surface area contributed by atoms with Crippen molar-refractivity contribution in [2.24, 2.45) is 5.92 Å². The van der Waals surface area contributed by atoms with E-state index in [1.54, 1.807) is 52.2 Å². The predicted molar refractivity (Wildman–Crippen MR) is 90.0 cm³/mol. The summed E-state index contributed by atoms with van der Waals surface area (Å²) >= 11 is 0. The lowest BCUT2D eigenvalue weighted by molar-refractivity contribution is -0.149. The van der Waals surface area contributed by atoms with Crippen molar-refractivity contribution >= 4 is 18.0 Å². The minimum atomic E-state index is -0.739. The Morgan fingerprint density at radius 1 is 1.04 bits per heavy atom. The number of benzene rings is 1. The van der Waals surface area contributed by atoms with Gasteiger partial charge in [0.1, 0.15) is 0 Å². The van der Waals surface area contributed by atoms with Gasteiger partial charge in [-0.1, -0.05) is 6.07 Å². The van der Waals surface area contributed by atoms with Crippen LogP contribution < -0.4 is 9.47 Å². The Labute approximate surface area is 142 Å². The molecule has 1 rings (SSSR count). The Balaban J connectivity index is 3.25. The van der Waals surface area contributed by atoms with E-state index in [1.165, 1.54) is 7.11 Å². The van der Waals surface area contributed by atoms with Crippen LogP contribution in [0.2, 0.25) is 0 Å². The molecule has 0 aliphatic rings. The van der Waals surface area contributed by atoms with Gasteiger partial charge in [-0.05, 0) is 44.5 Å². The van der Waals surface area contributed by atoms with Gasteiger partial charge in [-0.15, -0.1) is 0 Å². The normalized spacial score (nSPS) is 12.3. The highest BCUT2D eigenvalue weighted by molar-refractivity contribution is 5.99. The molecule has 0 spiro atoms. The molecule has 1 aromatic carbocycles. The summed E-state index contributed by atoms with van der Waals surface area (Å²) in [5.74, 6) is -0.661. The lowest BCUT2D eigenvalue weighted by atomic mass is 9.98. The fourth-order valence-electron chi connectivity index (χ4n) is 2.09. The average Bonchev–Trinajstić information content (AvgIpc) is 2.59. The molecule has 0 saturated heterocycles. The van der Waals surface area contributed by atoms with E-state index in [0.717, 1.165) is 0 Å². The van der Waals surface area contributed by atoms with Crippen molar-refractivity contribution in [1.29, 1.82) is 0 Å². The number of carbonyl (C=O) groups is 2. The monoisotopic (exact) mass is 336 g/mol. The number of methoxy groups -OCH3 is 2. The highest BCUT2D eigenvalue weighted by atomic mass is 16.5. The first-order valence-electron chi connectivity index (χ1n) is 7.75. The van der Waals surface area contributed by atoms with Crippen molar-refractivity contribution in [2.45, 2.75) is 20.8 Å². The highest BCUT2D eigenvalue weighted by Crippen LogP contribution is 2.29. The van der Waals surface area contributed by atoms with Crippen molar-refractivity contribution < 1.29 is 28.5 Å². The minimum Gasteiger partial charge on any atom is -0.493 e. The Bertz CT molecular complexity index is 606. The summed E-state index contributed by atoms with van der Waals surface area (Å²) in [6.45, 7) is 5.50. The third-order valence-electron chi connectivity index (χ3n) is 3.35. The van der Waals surface area contributed by atoms with Gasteiger partial charge in [-0.2, -0.15) is 0 Å². The van der Waals surface area contributed by atoms with Crippen molar-refractivity contribution in [1.82, 2.24) is 0 Å². The first-order chi connectivity index (χ1) is 11.5. The van der Waals surface area contributed by atoms with Crippen molar-refractivity contribution in [2.75, 3.05) is 27.4 Å². The third kappa shape index (κ3) is 5.01. The lowest BCUT2D eigenvalue weighted by Crippen LogP contribution is -2.22. The summed E-state index contributed by atoms with van der Waals surface area (Å²) < 4.78 is 20.5. The third-order valence-corrected chi connectivity index (χ3v) is 3.35. The van der Waals surface area contributed by atoms with Crippen LogP contribution in [-0.2, 0) is 19.1 Å². The fraction of sp³-hybridized carbons (Fsp3) is 0.444. The molecule has 0 aliphatic heterocycles. The average molecular weight is 336 g/mol. The molecule has 0 bridgehead atoms. The number of esters is 2. The second-order valence-electron chi connectivity index (χ2n) is 4.91. The van der Waals surface area contributed by atoms with Crippen LogP contribution in [0.4, 0.5) is 0 Å². The molecule has 0 N–H and O–H groups in total. The van der Waals surface area contributed by atoms with E-state index in [9.17, 15) is 9.59 Å². The molecule has 132 valence electrons. The van der Waals surface area contributed by atoms with Gasteiger partial charge in [0, 0.05) is 0 Å². The maximum absolute atomic E-state index is 12.2. The summed E-state index contributed by atoms with van der Waals surface area (Å²) in [5, 5.41) is 0. The first kappa shape index (κ1) is 19.5. The molecule has 0 heterocycles. The van der Waals surface area contributed by atoms with Gasteiger partial charge < -0.3 is 18.9 Å². The molecule has 0 aliphatic carbocycles. The second-order valence-corrected chi connectivity index (χ2v) is 4.91. The van der Waals surface area contributed by atoms with Gasteiger partial charge in [0.25, 0.3) is 0 Å². The summed E-state index contributed by atoms with van der Waals surface area (Å²) in [6.07, 6.45) is 1.60. The number of hydrogen-bond acceptors (Lipinski definition) is 6. The van der Waals surface area contributed by atoms with Gasteiger partial charge in [-0.25, -0.2) is 4.79 Å². The van der Waals surface area contributed by atoms with Crippen LogP contribution in [-0.4, -0.2) is 39.4 Å². The largest absolute Gasteiger partial charge is 0.493 e. The van der Waals surface area contributed by atoms with Crippen LogP contribution in [0.25, 0.3) is 6.08 Å². The van der Waals surface area contributed by atoms with Crippen molar-refractivity contribution in [3.8, 4) is 11.5 Å². The number of carbonyl (C=O) groups excluding carboxylic acids is 2. The van der Waals surface area contributed by atoms with Crippen molar-refractivity contribution in [3.63, 3.8) is 0 Å². The first-order valence-corrected chi connectivity index (χ1v) is 7.75. The zero-order valence-corrected chi connectivity index (χ0v) is 14.8. The number of hydrogen-bond donors (Lipinski definition) is 0. The van der Waals surface area contributed by atoms with Crippen LogP contribution in [0.5, 0.6) is 11.5 Å². The predicted octanol–water partition coefficient (Wildman–Crippen LogP) is 2.85. The molecule has 1 aromatic rings. The van der Waals surface area contributed by atoms with E-state index in [4.69, 9.17) is 18.9 Å². The van der Waals surface area contributed by atoms with E-state index >= 15 is 0 Å². The van der Waals surface area contributed by atoms with Gasteiger partial charge in [-0.3, -0.25) is 4.79 Å². The van der Waals surface area contributed by atoms with Gasteiger partial charge in [0.05, 0.1) is 38.9 Å². The molecule has 0 amide bonds. The highest BCUT2D eigenvalue weighted by Gasteiger charge is 2.25. The molecule has 6 heteroatoms. The zero-order valence-electron chi connectivity index (χ0n) is 14.8. The topological polar surface area (TPSA) is 71.1 Å². The van der Waals surface area contributed by atoms with E-state index in [-0.39, 0.29) is 18.8 Å². The van der Waals surface area contributed by atoms with Crippen LogP contribution in [0.1, 0.15) is 26.3 Å². The van der Waals surface area contributed by atoms with Gasteiger partial charge in [0.2, 0.25) is 0 Å². The van der Waals surface area contributed by atoms with E-state index in [0.29, 0.717) is 17.1 Å². The second kappa shape index (κ2) is 9.60. The van der Waals surface area contributed by atoms with Gasteiger partial charge in [0.15, 0.2) is 11.5 Å². The molecule has 0 aromatic heterocycles. The Morgan fingerprint density at radius 3 is 2.21 bits per heavy atom. The van der Waals surface area contributed by atoms with Crippen LogP contribution in [0.3, 0.4) is 0 Å². The van der Waals surface area contributed by atoms with E-state index in [1.807, 2.05) is 0 Å². The maximum Gasteiger partial charge on any atom is 0.334 e. The molecule has 24 heavy (non-hydrogen) atoms. The summed E-state index contributed by atoms with van der Waals surface area (Å²) in [6, 6.07) is 5.21. The Morgan fingerprint density at radius 2 is 1.67 bits per heavy atom. The summed E-state index contributed by atoms with van der Waals surface area (Å²) in [7, 11) is 3.07. The van der Waals surface area contributed by atoms with E-state index < -0.39 is 17.9 Å². The fourth-order valence-corrected chi connectivity index (χ4v) is 2.09. The molecular weight excluding hydrogens is 312 g/mol. The van der Waals surface area contributed by atoms with Crippen LogP contribution in [0.15, 0.2) is 23.8 Å². The molecule has 0 saturated carbocycles. The van der Waals surface area contributed by atoms with Crippen molar-refractivity contribution in [3.05, 3.63) is 29.3 Å². The molecule has 6 nitrogen and oxygen atoms in total. The quantitative estimate of drug-likeness (QED) is 0.537. The Kier molecular flexibility index (Phi) is 7.82.